The zero-order valence-electron chi connectivity index (χ0n) is 17.8. The largest absolute Gasteiger partial charge is 0.493 e. The number of hydrogen-bond acceptors (Lipinski definition) is 6. The molecule has 0 saturated heterocycles. The van der Waals surface area contributed by atoms with Crippen LogP contribution < -0.4 is 14.8 Å². The van der Waals surface area contributed by atoms with E-state index in [-0.39, 0.29) is 5.78 Å². The standard InChI is InChI=1S/C23H23BrN4O3/c1-13-7-5-6-8-16(13)11-31-22-18(24)9-17(10-19(22)30-4)21-20(15(3)29)14(2)27-23-25-12-26-28(21)23/h5-10,12,21H,11H2,1-4H3,(H,25,26,27). The van der Waals surface area contributed by atoms with Crippen LogP contribution >= 0.6 is 15.9 Å². The summed E-state index contributed by atoms with van der Waals surface area (Å²) >= 11 is 3.63. The smallest absolute Gasteiger partial charge is 0.226 e. The number of ketones is 1. The number of methoxy groups -OCH3 is 1. The Balaban J connectivity index is 1.74. The lowest BCUT2D eigenvalue weighted by molar-refractivity contribution is -0.114. The highest BCUT2D eigenvalue weighted by molar-refractivity contribution is 9.10. The second-order valence-electron chi connectivity index (χ2n) is 7.40. The van der Waals surface area contributed by atoms with E-state index in [1.165, 1.54) is 6.33 Å². The highest BCUT2D eigenvalue weighted by Crippen LogP contribution is 2.42. The second kappa shape index (κ2) is 8.55. The van der Waals surface area contributed by atoms with Crippen molar-refractivity contribution >= 4 is 27.7 Å². The Labute approximate surface area is 189 Å². The van der Waals surface area contributed by atoms with Gasteiger partial charge in [0.1, 0.15) is 19.0 Å². The van der Waals surface area contributed by atoms with E-state index in [0.29, 0.717) is 29.6 Å². The molecule has 0 aliphatic carbocycles. The lowest BCUT2D eigenvalue weighted by Crippen LogP contribution is -2.27. The minimum Gasteiger partial charge on any atom is -0.493 e. The molecule has 1 atom stereocenters. The molecule has 2 heterocycles. The number of carbonyl (C=O) groups excluding carboxylic acids is 1. The molecular weight excluding hydrogens is 460 g/mol. The molecule has 0 bridgehead atoms. The molecule has 0 saturated carbocycles. The molecule has 0 fully saturated rings. The maximum atomic E-state index is 12.5. The SMILES string of the molecule is COc1cc(C2C(C(C)=O)=C(C)Nc3ncnn32)cc(Br)c1OCc1ccccc1C. The number of hydrogen-bond donors (Lipinski definition) is 1. The monoisotopic (exact) mass is 482 g/mol. The maximum Gasteiger partial charge on any atom is 0.226 e. The molecule has 1 aliphatic rings. The molecule has 0 radical (unpaired) electrons. The van der Waals surface area contributed by atoms with Gasteiger partial charge < -0.3 is 14.8 Å². The molecule has 1 unspecified atom stereocenters. The van der Waals surface area contributed by atoms with Crippen LogP contribution in [0.5, 0.6) is 11.5 Å². The maximum absolute atomic E-state index is 12.5. The molecule has 31 heavy (non-hydrogen) atoms. The van der Waals surface area contributed by atoms with Gasteiger partial charge >= 0.3 is 0 Å². The normalized spacial score (nSPS) is 15.3. The first-order valence-electron chi connectivity index (χ1n) is 9.83. The van der Waals surface area contributed by atoms with Gasteiger partial charge in [-0.2, -0.15) is 10.1 Å². The third-order valence-corrected chi connectivity index (χ3v) is 5.96. The van der Waals surface area contributed by atoms with Crippen molar-refractivity contribution in [3.8, 4) is 11.5 Å². The first-order valence-corrected chi connectivity index (χ1v) is 10.6. The van der Waals surface area contributed by atoms with Gasteiger partial charge in [-0.05, 0) is 65.5 Å². The minimum atomic E-state index is -0.424. The lowest BCUT2D eigenvalue weighted by atomic mass is 9.93. The van der Waals surface area contributed by atoms with E-state index in [2.05, 4.69) is 44.3 Å². The van der Waals surface area contributed by atoms with Crippen LogP contribution in [-0.2, 0) is 11.4 Å². The number of aryl methyl sites for hydroxylation is 1. The Hall–Kier alpha value is -3.13. The number of anilines is 1. The Kier molecular flexibility index (Phi) is 5.82. The van der Waals surface area contributed by atoms with Crippen LogP contribution in [-0.4, -0.2) is 27.7 Å². The van der Waals surface area contributed by atoms with E-state index in [9.17, 15) is 4.79 Å². The summed E-state index contributed by atoms with van der Waals surface area (Å²) < 4.78 is 14.2. The number of benzene rings is 2. The van der Waals surface area contributed by atoms with E-state index >= 15 is 0 Å². The quantitative estimate of drug-likeness (QED) is 0.542. The van der Waals surface area contributed by atoms with Gasteiger partial charge in [0.2, 0.25) is 5.95 Å². The number of ether oxygens (including phenoxy) is 2. The summed E-state index contributed by atoms with van der Waals surface area (Å²) in [4.78, 5) is 16.8. The number of halogens is 1. The van der Waals surface area contributed by atoms with Gasteiger partial charge in [-0.15, -0.1) is 0 Å². The van der Waals surface area contributed by atoms with Crippen molar-refractivity contribution in [2.24, 2.45) is 0 Å². The highest BCUT2D eigenvalue weighted by Gasteiger charge is 2.32. The average molecular weight is 483 g/mol. The summed E-state index contributed by atoms with van der Waals surface area (Å²) in [7, 11) is 1.60. The van der Waals surface area contributed by atoms with Crippen LogP contribution in [0.15, 0.2) is 58.5 Å². The first kappa shape index (κ1) is 21.1. The summed E-state index contributed by atoms with van der Waals surface area (Å²) in [6, 6.07) is 11.5. The molecule has 7 nitrogen and oxygen atoms in total. The molecule has 160 valence electrons. The summed E-state index contributed by atoms with van der Waals surface area (Å²) in [6.07, 6.45) is 1.47. The highest BCUT2D eigenvalue weighted by atomic mass is 79.9. The van der Waals surface area contributed by atoms with Crippen LogP contribution in [0.25, 0.3) is 0 Å². The second-order valence-corrected chi connectivity index (χ2v) is 8.25. The number of nitrogens with zero attached hydrogens (tertiary/aromatic N) is 3. The van der Waals surface area contributed by atoms with Crippen molar-refractivity contribution in [3.05, 3.63) is 75.2 Å². The number of aromatic nitrogens is 3. The molecule has 1 aliphatic heterocycles. The molecule has 2 aromatic carbocycles. The van der Waals surface area contributed by atoms with Gasteiger partial charge in [-0.25, -0.2) is 4.68 Å². The lowest BCUT2D eigenvalue weighted by Gasteiger charge is -2.28. The first-order chi connectivity index (χ1) is 14.9. The van der Waals surface area contributed by atoms with Gasteiger partial charge in [-0.1, -0.05) is 24.3 Å². The molecule has 1 aromatic heterocycles. The molecule has 4 rings (SSSR count). The van der Waals surface area contributed by atoms with Crippen LogP contribution in [0.3, 0.4) is 0 Å². The van der Waals surface area contributed by atoms with Gasteiger partial charge in [-0.3, -0.25) is 4.79 Å². The predicted octanol–water partition coefficient (Wildman–Crippen LogP) is 4.81. The Morgan fingerprint density at radius 2 is 2.03 bits per heavy atom. The zero-order chi connectivity index (χ0) is 22.1. The van der Waals surface area contributed by atoms with Gasteiger partial charge in [0.05, 0.1) is 11.6 Å². The van der Waals surface area contributed by atoms with Crippen molar-refractivity contribution in [3.63, 3.8) is 0 Å². The molecule has 0 spiro atoms. The van der Waals surface area contributed by atoms with E-state index in [1.54, 1.807) is 18.7 Å². The summed E-state index contributed by atoms with van der Waals surface area (Å²) in [5, 5.41) is 7.49. The molecule has 3 aromatic rings. The molecule has 1 N–H and O–H groups in total. The van der Waals surface area contributed by atoms with Gasteiger partial charge in [0.25, 0.3) is 0 Å². The summed E-state index contributed by atoms with van der Waals surface area (Å²) in [5.41, 5.74) is 4.48. The fourth-order valence-corrected chi connectivity index (χ4v) is 4.39. The van der Waals surface area contributed by atoms with Crippen molar-refractivity contribution in [1.29, 1.82) is 0 Å². The van der Waals surface area contributed by atoms with Crippen molar-refractivity contribution in [2.75, 3.05) is 12.4 Å². The number of carbonyl (C=O) groups is 1. The predicted molar refractivity (Wildman–Crippen MR) is 121 cm³/mol. The van der Waals surface area contributed by atoms with Crippen LogP contribution in [0.1, 0.15) is 36.6 Å². The number of nitrogens with one attached hydrogen (secondary N) is 1. The summed E-state index contributed by atoms with van der Waals surface area (Å²) in [5.74, 6) is 1.72. The van der Waals surface area contributed by atoms with Crippen LogP contribution in [0.4, 0.5) is 5.95 Å². The third kappa shape index (κ3) is 3.95. The Bertz CT molecular complexity index is 1190. The number of fused-ring (bicyclic) bond motifs is 1. The number of rotatable bonds is 6. The minimum absolute atomic E-state index is 0.0360. The van der Waals surface area contributed by atoms with Crippen molar-refractivity contribution in [2.45, 2.75) is 33.4 Å². The van der Waals surface area contributed by atoms with Crippen molar-refractivity contribution < 1.29 is 14.3 Å². The van der Waals surface area contributed by atoms with Crippen LogP contribution in [0.2, 0.25) is 0 Å². The van der Waals surface area contributed by atoms with Crippen molar-refractivity contribution in [1.82, 2.24) is 14.8 Å². The average Bonchev–Trinajstić information content (AvgIpc) is 3.20. The van der Waals surface area contributed by atoms with E-state index < -0.39 is 6.04 Å². The Morgan fingerprint density at radius 1 is 1.26 bits per heavy atom. The fraction of sp³-hybridized carbons (Fsp3) is 0.261. The van der Waals surface area contributed by atoms with Gasteiger partial charge in [0.15, 0.2) is 17.3 Å². The third-order valence-electron chi connectivity index (χ3n) is 5.37. The number of Topliss-reactive ketones (excluding diaryl/α,β-unsaturated/α-hetero) is 1. The topological polar surface area (TPSA) is 78.3 Å². The zero-order valence-corrected chi connectivity index (χ0v) is 19.4. The molecule has 8 heteroatoms. The summed E-state index contributed by atoms with van der Waals surface area (Å²) in [6.45, 7) is 5.90. The Morgan fingerprint density at radius 3 is 2.74 bits per heavy atom. The fourth-order valence-electron chi connectivity index (χ4n) is 3.82. The molecular formula is C23H23BrN4O3. The molecule has 0 amide bonds. The van der Waals surface area contributed by atoms with E-state index in [1.807, 2.05) is 37.3 Å². The van der Waals surface area contributed by atoms with Gasteiger partial charge in [0, 0.05) is 11.3 Å². The number of allylic oxidation sites excluding steroid dienone is 2. The van der Waals surface area contributed by atoms with E-state index in [0.717, 1.165) is 26.9 Å². The van der Waals surface area contributed by atoms with E-state index in [4.69, 9.17) is 9.47 Å². The van der Waals surface area contributed by atoms with Crippen LogP contribution in [0, 0.1) is 6.92 Å².